The van der Waals surface area contributed by atoms with Gasteiger partial charge >= 0.3 is 0 Å². The van der Waals surface area contributed by atoms with Crippen molar-refractivity contribution in [3.63, 3.8) is 0 Å². The van der Waals surface area contributed by atoms with Gasteiger partial charge in [0.2, 0.25) is 10.0 Å². The van der Waals surface area contributed by atoms with Crippen LogP contribution in [0.1, 0.15) is 45.1 Å². The first kappa shape index (κ1) is 19.7. The van der Waals surface area contributed by atoms with Crippen LogP contribution in [0, 0.1) is 0 Å². The first-order valence-electron chi connectivity index (χ1n) is 9.70. The number of ether oxygens (including phenoxy) is 1. The fourth-order valence-corrected chi connectivity index (χ4v) is 5.32. The fourth-order valence-electron chi connectivity index (χ4n) is 4.00. The van der Waals surface area contributed by atoms with Crippen molar-refractivity contribution in [3.8, 4) is 0 Å². The van der Waals surface area contributed by atoms with E-state index in [2.05, 4.69) is 16.0 Å². The molecule has 0 aromatic carbocycles. The maximum absolute atomic E-state index is 12.4. The minimum Gasteiger partial charge on any atom is -0.381 e. The highest BCUT2D eigenvalue weighted by Gasteiger charge is 2.35. The van der Waals surface area contributed by atoms with E-state index < -0.39 is 10.0 Å². The average Bonchev–Trinajstić information content (AvgIpc) is 2.67. The molecule has 0 amide bonds. The van der Waals surface area contributed by atoms with Gasteiger partial charge in [-0.2, -0.15) is 0 Å². The summed E-state index contributed by atoms with van der Waals surface area (Å²) in [7, 11) is -3.15. The van der Waals surface area contributed by atoms with E-state index in [0.717, 1.165) is 45.4 Å². The Hall–Kier alpha value is -1.02. The lowest BCUT2D eigenvalue weighted by molar-refractivity contribution is 0.00247. The van der Waals surface area contributed by atoms with Gasteiger partial charge in [0.15, 0.2) is 0 Å². The van der Waals surface area contributed by atoms with Crippen LogP contribution in [0.2, 0.25) is 0 Å². The van der Waals surface area contributed by atoms with Gasteiger partial charge in [-0.15, -0.1) is 0 Å². The van der Waals surface area contributed by atoms with E-state index in [4.69, 9.17) is 4.74 Å². The van der Waals surface area contributed by atoms with E-state index in [1.165, 1.54) is 5.56 Å². The van der Waals surface area contributed by atoms with Crippen LogP contribution in [0.3, 0.4) is 0 Å². The van der Waals surface area contributed by atoms with E-state index in [-0.39, 0.29) is 5.25 Å². The molecule has 7 heteroatoms. The molecule has 0 atom stereocenters. The SMILES string of the molecule is CC(C)S(=O)(=O)N1CCC(N(Cc2cccnc2)C2CCOCC2)CC1. The molecule has 26 heavy (non-hydrogen) atoms. The summed E-state index contributed by atoms with van der Waals surface area (Å²) in [6, 6.07) is 5.02. The van der Waals surface area contributed by atoms with Gasteiger partial charge in [-0.05, 0) is 51.2 Å². The lowest BCUT2D eigenvalue weighted by Gasteiger charge is -2.43. The smallest absolute Gasteiger partial charge is 0.216 e. The molecule has 3 heterocycles. The van der Waals surface area contributed by atoms with Gasteiger partial charge < -0.3 is 4.74 Å². The Bertz CT molecular complexity index is 652. The van der Waals surface area contributed by atoms with E-state index in [1.54, 1.807) is 24.3 Å². The molecule has 146 valence electrons. The third-order valence-corrected chi connectivity index (χ3v) is 7.87. The summed E-state index contributed by atoms with van der Waals surface area (Å²) in [5.41, 5.74) is 1.22. The number of aromatic nitrogens is 1. The van der Waals surface area contributed by atoms with Crippen molar-refractivity contribution in [2.45, 2.75) is 63.4 Å². The highest BCUT2D eigenvalue weighted by Crippen LogP contribution is 2.27. The predicted molar refractivity (Wildman–Crippen MR) is 102 cm³/mol. The summed E-state index contributed by atoms with van der Waals surface area (Å²) in [5, 5.41) is -0.346. The van der Waals surface area contributed by atoms with Crippen LogP contribution in [0.25, 0.3) is 0 Å². The molecule has 2 fully saturated rings. The topological polar surface area (TPSA) is 62.7 Å². The third kappa shape index (κ3) is 4.63. The number of hydrogen-bond acceptors (Lipinski definition) is 5. The van der Waals surface area contributed by atoms with Crippen LogP contribution in [-0.2, 0) is 21.3 Å². The predicted octanol–water partition coefficient (Wildman–Crippen LogP) is 2.27. The van der Waals surface area contributed by atoms with Crippen LogP contribution < -0.4 is 0 Å². The fraction of sp³-hybridized carbons (Fsp3) is 0.737. The molecule has 1 aromatic heterocycles. The molecule has 2 aliphatic rings. The summed E-state index contributed by atoms with van der Waals surface area (Å²) in [4.78, 5) is 6.84. The highest BCUT2D eigenvalue weighted by atomic mass is 32.2. The number of pyridine rings is 1. The first-order chi connectivity index (χ1) is 12.5. The zero-order valence-electron chi connectivity index (χ0n) is 15.9. The van der Waals surface area contributed by atoms with Crippen molar-refractivity contribution in [1.82, 2.24) is 14.2 Å². The molecule has 2 aliphatic heterocycles. The molecular formula is C19H31N3O3S. The Morgan fingerprint density at radius 3 is 2.42 bits per heavy atom. The molecule has 0 unspecified atom stereocenters. The zero-order valence-corrected chi connectivity index (χ0v) is 16.7. The summed E-state index contributed by atoms with van der Waals surface area (Å²) < 4.78 is 32.1. The summed E-state index contributed by atoms with van der Waals surface area (Å²) in [5.74, 6) is 0. The van der Waals surface area contributed by atoms with Gasteiger partial charge in [0.05, 0.1) is 5.25 Å². The van der Waals surface area contributed by atoms with Crippen molar-refractivity contribution in [2.24, 2.45) is 0 Å². The molecule has 0 aliphatic carbocycles. The second-order valence-corrected chi connectivity index (χ2v) is 10.1. The maximum atomic E-state index is 12.4. The number of hydrogen-bond donors (Lipinski definition) is 0. The van der Waals surface area contributed by atoms with E-state index in [1.807, 2.05) is 12.3 Å². The number of rotatable bonds is 6. The van der Waals surface area contributed by atoms with Gasteiger partial charge in [-0.3, -0.25) is 9.88 Å². The van der Waals surface area contributed by atoms with Crippen LogP contribution in [0.5, 0.6) is 0 Å². The molecule has 3 rings (SSSR count). The van der Waals surface area contributed by atoms with Crippen molar-refractivity contribution in [1.29, 1.82) is 0 Å². The van der Waals surface area contributed by atoms with Crippen molar-refractivity contribution in [3.05, 3.63) is 30.1 Å². The Labute approximate surface area is 157 Å². The quantitative estimate of drug-likeness (QED) is 0.756. The van der Waals surface area contributed by atoms with Gasteiger partial charge in [-0.1, -0.05) is 6.07 Å². The number of nitrogens with zero attached hydrogens (tertiary/aromatic N) is 3. The summed E-state index contributed by atoms with van der Waals surface area (Å²) >= 11 is 0. The molecule has 0 N–H and O–H groups in total. The standard InChI is InChI=1S/C19H31N3O3S/c1-16(2)26(23,24)21-10-5-18(6-11-21)22(19-7-12-25-13-8-19)15-17-4-3-9-20-14-17/h3-4,9,14,16,18-19H,5-8,10-13,15H2,1-2H3. The average molecular weight is 382 g/mol. The van der Waals surface area contributed by atoms with E-state index in [0.29, 0.717) is 25.2 Å². The van der Waals surface area contributed by atoms with Gasteiger partial charge in [0, 0.05) is 57.3 Å². The van der Waals surface area contributed by atoms with Gasteiger partial charge in [0.25, 0.3) is 0 Å². The molecule has 0 saturated carbocycles. The second kappa shape index (κ2) is 8.78. The maximum Gasteiger partial charge on any atom is 0.216 e. The van der Waals surface area contributed by atoms with Crippen LogP contribution in [0.15, 0.2) is 24.5 Å². The number of piperidine rings is 1. The lowest BCUT2D eigenvalue weighted by Crippen LogP contribution is -2.51. The normalized spacial score (nSPS) is 21.5. The molecule has 0 radical (unpaired) electrons. The van der Waals surface area contributed by atoms with Crippen LogP contribution in [-0.4, -0.2) is 66.2 Å². The minimum absolute atomic E-state index is 0.346. The van der Waals surface area contributed by atoms with Crippen LogP contribution in [0.4, 0.5) is 0 Å². The highest BCUT2D eigenvalue weighted by molar-refractivity contribution is 7.89. The van der Waals surface area contributed by atoms with Gasteiger partial charge in [0.1, 0.15) is 0 Å². The largest absolute Gasteiger partial charge is 0.381 e. The van der Waals surface area contributed by atoms with Gasteiger partial charge in [-0.25, -0.2) is 12.7 Å². The minimum atomic E-state index is -3.15. The number of sulfonamides is 1. The Morgan fingerprint density at radius 2 is 1.85 bits per heavy atom. The van der Waals surface area contributed by atoms with E-state index in [9.17, 15) is 8.42 Å². The summed E-state index contributed by atoms with van der Waals surface area (Å²) in [6.45, 7) is 7.27. The Balaban J connectivity index is 1.69. The lowest BCUT2D eigenvalue weighted by atomic mass is 9.98. The van der Waals surface area contributed by atoms with Crippen molar-refractivity contribution in [2.75, 3.05) is 26.3 Å². The van der Waals surface area contributed by atoms with Crippen LogP contribution >= 0.6 is 0 Å². The molecular weight excluding hydrogens is 350 g/mol. The molecule has 0 spiro atoms. The third-order valence-electron chi connectivity index (χ3n) is 5.60. The summed E-state index contributed by atoms with van der Waals surface area (Å²) in [6.07, 6.45) is 7.62. The molecule has 1 aromatic rings. The molecule has 6 nitrogen and oxygen atoms in total. The first-order valence-corrected chi connectivity index (χ1v) is 11.2. The Morgan fingerprint density at radius 1 is 1.19 bits per heavy atom. The zero-order chi connectivity index (χ0) is 18.6. The van der Waals surface area contributed by atoms with E-state index >= 15 is 0 Å². The van der Waals surface area contributed by atoms with Crippen molar-refractivity contribution >= 4 is 10.0 Å². The Kier molecular flexibility index (Phi) is 6.66. The molecule has 2 saturated heterocycles. The second-order valence-electron chi connectivity index (χ2n) is 7.60. The molecule has 0 bridgehead atoms. The van der Waals surface area contributed by atoms with Crippen molar-refractivity contribution < 1.29 is 13.2 Å². The monoisotopic (exact) mass is 381 g/mol.